The largest absolute Gasteiger partial charge is 0.493 e. The summed E-state index contributed by atoms with van der Waals surface area (Å²) >= 11 is 0. The number of nitrogens with zero attached hydrogens (tertiary/aromatic N) is 2. The quantitative estimate of drug-likeness (QED) is 0.848. The summed E-state index contributed by atoms with van der Waals surface area (Å²) in [4.78, 5) is 12.2. The zero-order valence-corrected chi connectivity index (χ0v) is 13.2. The van der Waals surface area contributed by atoms with E-state index in [1.807, 2.05) is 48.1 Å². The molecule has 1 aromatic carbocycles. The standard InChI is InChI=1S/C17H22N4O2/c1-13(12-21-9-4-8-19-21)18-11-17(22)20-15-7-10-23-16-6-3-2-5-14(15)16/h2-6,8-9,13,15,18H,7,10-12H2,1H3,(H,20,22)/t13-,15+/m0/s1. The Morgan fingerprint density at radius 2 is 2.30 bits per heavy atom. The van der Waals surface area contributed by atoms with Gasteiger partial charge in [0.25, 0.3) is 0 Å². The number of carbonyl (C=O) groups is 1. The maximum Gasteiger partial charge on any atom is 0.234 e. The highest BCUT2D eigenvalue weighted by Gasteiger charge is 2.22. The minimum atomic E-state index is -0.000909. The molecule has 0 spiro atoms. The molecule has 1 aliphatic rings. The van der Waals surface area contributed by atoms with E-state index in [0.29, 0.717) is 13.2 Å². The van der Waals surface area contributed by atoms with Crippen molar-refractivity contribution in [2.24, 2.45) is 0 Å². The van der Waals surface area contributed by atoms with Crippen molar-refractivity contribution in [3.63, 3.8) is 0 Å². The smallest absolute Gasteiger partial charge is 0.234 e. The molecule has 122 valence electrons. The van der Waals surface area contributed by atoms with Crippen LogP contribution in [0.4, 0.5) is 0 Å². The molecule has 1 aliphatic heterocycles. The lowest BCUT2D eigenvalue weighted by Gasteiger charge is -2.27. The van der Waals surface area contributed by atoms with E-state index in [1.54, 1.807) is 6.20 Å². The highest BCUT2D eigenvalue weighted by Crippen LogP contribution is 2.31. The fourth-order valence-electron chi connectivity index (χ4n) is 2.76. The molecule has 2 aromatic rings. The third-order valence-corrected chi connectivity index (χ3v) is 3.92. The Hall–Kier alpha value is -2.34. The number of rotatable bonds is 6. The van der Waals surface area contributed by atoms with Crippen molar-refractivity contribution in [1.82, 2.24) is 20.4 Å². The lowest BCUT2D eigenvalue weighted by Crippen LogP contribution is -2.41. The Labute approximate surface area is 135 Å². The average molecular weight is 314 g/mol. The molecule has 0 saturated heterocycles. The number of ether oxygens (including phenoxy) is 1. The van der Waals surface area contributed by atoms with Gasteiger partial charge in [-0.15, -0.1) is 0 Å². The molecular weight excluding hydrogens is 292 g/mol. The van der Waals surface area contributed by atoms with Gasteiger partial charge < -0.3 is 15.4 Å². The third kappa shape index (κ3) is 4.10. The van der Waals surface area contributed by atoms with Crippen molar-refractivity contribution in [2.45, 2.75) is 32.0 Å². The summed E-state index contributed by atoms with van der Waals surface area (Å²) in [5.41, 5.74) is 1.05. The Kier molecular flexibility index (Phi) is 4.92. The van der Waals surface area contributed by atoms with E-state index in [1.165, 1.54) is 0 Å². The van der Waals surface area contributed by atoms with Crippen LogP contribution in [0.1, 0.15) is 24.9 Å². The topological polar surface area (TPSA) is 68.2 Å². The molecular formula is C17H22N4O2. The molecule has 1 amide bonds. The second kappa shape index (κ2) is 7.28. The van der Waals surface area contributed by atoms with Crippen LogP contribution in [-0.2, 0) is 11.3 Å². The number of fused-ring (bicyclic) bond motifs is 1. The van der Waals surface area contributed by atoms with Gasteiger partial charge in [0, 0.05) is 30.4 Å². The van der Waals surface area contributed by atoms with Crippen LogP contribution in [0.5, 0.6) is 5.75 Å². The first kappa shape index (κ1) is 15.6. The molecule has 0 saturated carbocycles. The van der Waals surface area contributed by atoms with Crippen LogP contribution in [-0.4, -0.2) is 34.9 Å². The fourth-order valence-corrected chi connectivity index (χ4v) is 2.76. The minimum absolute atomic E-state index is 0.000909. The van der Waals surface area contributed by atoms with Gasteiger partial charge in [0.15, 0.2) is 0 Å². The van der Waals surface area contributed by atoms with E-state index in [9.17, 15) is 4.79 Å². The molecule has 0 bridgehead atoms. The van der Waals surface area contributed by atoms with E-state index in [4.69, 9.17) is 4.74 Å². The Morgan fingerprint density at radius 1 is 1.43 bits per heavy atom. The number of hydrogen-bond acceptors (Lipinski definition) is 4. The Balaban J connectivity index is 1.48. The number of amides is 1. The van der Waals surface area contributed by atoms with Crippen LogP contribution in [0.15, 0.2) is 42.7 Å². The van der Waals surface area contributed by atoms with Crippen molar-refractivity contribution in [3.8, 4) is 5.75 Å². The molecule has 3 rings (SSSR count). The second-order valence-electron chi connectivity index (χ2n) is 5.81. The number of benzene rings is 1. The van der Waals surface area contributed by atoms with Gasteiger partial charge >= 0.3 is 0 Å². The van der Waals surface area contributed by atoms with Gasteiger partial charge in [-0.05, 0) is 19.1 Å². The number of hydrogen-bond donors (Lipinski definition) is 2. The SMILES string of the molecule is C[C@@H](Cn1cccn1)NCC(=O)N[C@@H]1CCOc2ccccc21. The molecule has 1 aromatic heterocycles. The second-order valence-corrected chi connectivity index (χ2v) is 5.81. The van der Waals surface area contributed by atoms with Gasteiger partial charge in [-0.3, -0.25) is 9.48 Å². The van der Waals surface area contributed by atoms with Crippen molar-refractivity contribution >= 4 is 5.91 Å². The molecule has 2 N–H and O–H groups in total. The third-order valence-electron chi connectivity index (χ3n) is 3.92. The maximum atomic E-state index is 12.2. The average Bonchev–Trinajstić information content (AvgIpc) is 3.06. The monoisotopic (exact) mass is 314 g/mol. The van der Waals surface area contributed by atoms with Gasteiger partial charge in [0.2, 0.25) is 5.91 Å². The summed E-state index contributed by atoms with van der Waals surface area (Å²) in [6.45, 7) is 3.70. The molecule has 2 heterocycles. The molecule has 6 heteroatoms. The summed E-state index contributed by atoms with van der Waals surface area (Å²) in [5, 5.41) is 10.5. The van der Waals surface area contributed by atoms with Crippen LogP contribution >= 0.6 is 0 Å². The molecule has 0 unspecified atom stereocenters. The van der Waals surface area contributed by atoms with Gasteiger partial charge in [-0.1, -0.05) is 18.2 Å². The van der Waals surface area contributed by atoms with Crippen LogP contribution in [0, 0.1) is 0 Å². The molecule has 6 nitrogen and oxygen atoms in total. The van der Waals surface area contributed by atoms with E-state index < -0.39 is 0 Å². The van der Waals surface area contributed by atoms with Crippen molar-refractivity contribution in [2.75, 3.05) is 13.2 Å². The van der Waals surface area contributed by atoms with Crippen LogP contribution in [0.2, 0.25) is 0 Å². The number of nitrogens with one attached hydrogen (secondary N) is 2. The van der Waals surface area contributed by atoms with E-state index in [0.717, 1.165) is 24.3 Å². The highest BCUT2D eigenvalue weighted by molar-refractivity contribution is 5.78. The lowest BCUT2D eigenvalue weighted by atomic mass is 10.0. The van der Waals surface area contributed by atoms with Gasteiger partial charge in [-0.25, -0.2) is 0 Å². The molecule has 0 aliphatic carbocycles. The molecule has 2 atom stereocenters. The first-order valence-corrected chi connectivity index (χ1v) is 7.94. The molecule has 0 fully saturated rings. The summed E-state index contributed by atoms with van der Waals surface area (Å²) in [6, 6.07) is 9.95. The lowest BCUT2D eigenvalue weighted by molar-refractivity contribution is -0.121. The Morgan fingerprint density at radius 3 is 3.13 bits per heavy atom. The fraction of sp³-hybridized carbons (Fsp3) is 0.412. The summed E-state index contributed by atoms with van der Waals surface area (Å²) in [5.74, 6) is 0.864. The summed E-state index contributed by atoms with van der Waals surface area (Å²) in [6.07, 6.45) is 4.46. The van der Waals surface area contributed by atoms with Crippen molar-refractivity contribution in [1.29, 1.82) is 0 Å². The zero-order chi connectivity index (χ0) is 16.1. The molecule has 23 heavy (non-hydrogen) atoms. The van der Waals surface area contributed by atoms with Crippen molar-refractivity contribution in [3.05, 3.63) is 48.3 Å². The summed E-state index contributed by atoms with van der Waals surface area (Å²) < 4.78 is 7.47. The van der Waals surface area contributed by atoms with E-state index in [2.05, 4.69) is 15.7 Å². The van der Waals surface area contributed by atoms with E-state index >= 15 is 0 Å². The summed E-state index contributed by atoms with van der Waals surface area (Å²) in [7, 11) is 0. The minimum Gasteiger partial charge on any atom is -0.493 e. The number of carbonyl (C=O) groups excluding carboxylic acids is 1. The van der Waals surface area contributed by atoms with Gasteiger partial charge in [-0.2, -0.15) is 5.10 Å². The van der Waals surface area contributed by atoms with Gasteiger partial charge in [0.05, 0.1) is 25.7 Å². The van der Waals surface area contributed by atoms with Crippen molar-refractivity contribution < 1.29 is 9.53 Å². The van der Waals surface area contributed by atoms with Crippen LogP contribution < -0.4 is 15.4 Å². The predicted octanol–water partition coefficient (Wildman–Crippen LogP) is 1.50. The molecule has 0 radical (unpaired) electrons. The first-order chi connectivity index (χ1) is 11.2. The Bertz CT molecular complexity index is 642. The van der Waals surface area contributed by atoms with Crippen LogP contribution in [0.25, 0.3) is 0 Å². The zero-order valence-electron chi connectivity index (χ0n) is 13.2. The van der Waals surface area contributed by atoms with Crippen LogP contribution in [0.3, 0.4) is 0 Å². The number of para-hydroxylation sites is 1. The number of aromatic nitrogens is 2. The van der Waals surface area contributed by atoms with Gasteiger partial charge in [0.1, 0.15) is 5.75 Å². The first-order valence-electron chi connectivity index (χ1n) is 7.94. The predicted molar refractivity (Wildman–Crippen MR) is 87.1 cm³/mol. The van der Waals surface area contributed by atoms with E-state index in [-0.39, 0.29) is 18.0 Å². The normalized spacial score (nSPS) is 17.9. The maximum absolute atomic E-state index is 12.2. The highest BCUT2D eigenvalue weighted by atomic mass is 16.5.